The molecule has 88 valence electrons. The van der Waals surface area contributed by atoms with Crippen molar-refractivity contribution in [1.82, 2.24) is 10.2 Å². The first-order valence-electron chi connectivity index (χ1n) is 5.33. The van der Waals surface area contributed by atoms with Crippen molar-refractivity contribution in [2.75, 3.05) is 47.0 Å². The molecular formula is C10H20N2O3. The molecule has 1 fully saturated rings. The van der Waals surface area contributed by atoms with Crippen LogP contribution in [0.2, 0.25) is 0 Å². The standard InChI is InChI=1S/C10H20N2O3/c1-11-4-3-9-7-12(5-6-14-2)10(13)15-8-9/h9,11H,3-8H2,1-2H3. The Labute approximate surface area is 90.7 Å². The van der Waals surface area contributed by atoms with Crippen LogP contribution in [0.5, 0.6) is 0 Å². The summed E-state index contributed by atoms with van der Waals surface area (Å²) in [5.74, 6) is 0.437. The lowest BCUT2D eigenvalue weighted by Gasteiger charge is -2.32. The summed E-state index contributed by atoms with van der Waals surface area (Å²) in [6.45, 7) is 3.47. The molecule has 0 aromatic rings. The number of ether oxygens (including phenoxy) is 2. The first kappa shape index (κ1) is 12.3. The average molecular weight is 216 g/mol. The minimum Gasteiger partial charge on any atom is -0.449 e. The fourth-order valence-electron chi connectivity index (χ4n) is 1.63. The lowest BCUT2D eigenvalue weighted by molar-refractivity contribution is 0.0313. The third-order valence-corrected chi connectivity index (χ3v) is 2.55. The van der Waals surface area contributed by atoms with E-state index in [1.807, 2.05) is 7.05 Å². The van der Waals surface area contributed by atoms with Gasteiger partial charge >= 0.3 is 6.09 Å². The molecule has 1 saturated heterocycles. The van der Waals surface area contributed by atoms with Crippen LogP contribution in [0, 0.1) is 5.92 Å². The van der Waals surface area contributed by atoms with Gasteiger partial charge in [-0.3, -0.25) is 0 Å². The van der Waals surface area contributed by atoms with Crippen molar-refractivity contribution in [2.45, 2.75) is 6.42 Å². The number of amides is 1. The zero-order valence-corrected chi connectivity index (χ0v) is 9.49. The number of carbonyl (C=O) groups excluding carboxylic acids is 1. The quantitative estimate of drug-likeness (QED) is 0.694. The van der Waals surface area contributed by atoms with Gasteiger partial charge in [-0.15, -0.1) is 0 Å². The number of hydrogen-bond acceptors (Lipinski definition) is 4. The van der Waals surface area contributed by atoms with Gasteiger partial charge in [-0.25, -0.2) is 4.79 Å². The van der Waals surface area contributed by atoms with E-state index in [0.717, 1.165) is 19.5 Å². The van der Waals surface area contributed by atoms with Gasteiger partial charge in [-0.1, -0.05) is 0 Å². The van der Waals surface area contributed by atoms with Gasteiger partial charge in [-0.2, -0.15) is 0 Å². The third kappa shape index (κ3) is 4.05. The zero-order chi connectivity index (χ0) is 11.1. The van der Waals surface area contributed by atoms with Crippen LogP contribution in [0.25, 0.3) is 0 Å². The fraction of sp³-hybridized carbons (Fsp3) is 0.900. The highest BCUT2D eigenvalue weighted by atomic mass is 16.6. The fourth-order valence-corrected chi connectivity index (χ4v) is 1.63. The third-order valence-electron chi connectivity index (χ3n) is 2.55. The van der Waals surface area contributed by atoms with E-state index in [0.29, 0.717) is 25.7 Å². The van der Waals surface area contributed by atoms with Gasteiger partial charge in [0.15, 0.2) is 0 Å². The Morgan fingerprint density at radius 3 is 3.13 bits per heavy atom. The molecule has 1 unspecified atom stereocenters. The summed E-state index contributed by atoms with van der Waals surface area (Å²) in [5.41, 5.74) is 0. The van der Waals surface area contributed by atoms with Gasteiger partial charge in [0, 0.05) is 26.1 Å². The molecule has 15 heavy (non-hydrogen) atoms. The van der Waals surface area contributed by atoms with Crippen LogP contribution < -0.4 is 5.32 Å². The van der Waals surface area contributed by atoms with Crippen molar-refractivity contribution in [2.24, 2.45) is 5.92 Å². The first-order chi connectivity index (χ1) is 7.27. The topological polar surface area (TPSA) is 50.8 Å². The molecule has 1 atom stereocenters. The largest absolute Gasteiger partial charge is 0.449 e. The first-order valence-corrected chi connectivity index (χ1v) is 5.33. The van der Waals surface area contributed by atoms with Crippen molar-refractivity contribution in [3.63, 3.8) is 0 Å². The van der Waals surface area contributed by atoms with Crippen molar-refractivity contribution in [1.29, 1.82) is 0 Å². The maximum atomic E-state index is 11.4. The molecule has 1 aliphatic heterocycles. The summed E-state index contributed by atoms with van der Waals surface area (Å²) >= 11 is 0. The van der Waals surface area contributed by atoms with Gasteiger partial charge in [-0.05, 0) is 20.0 Å². The molecule has 0 bridgehead atoms. The molecule has 0 saturated carbocycles. The van der Waals surface area contributed by atoms with Crippen molar-refractivity contribution in [3.05, 3.63) is 0 Å². The number of nitrogens with one attached hydrogen (secondary N) is 1. The summed E-state index contributed by atoms with van der Waals surface area (Å²) < 4.78 is 10.0. The number of rotatable bonds is 6. The van der Waals surface area contributed by atoms with Crippen LogP contribution in [0.4, 0.5) is 4.79 Å². The number of methoxy groups -OCH3 is 1. The lowest BCUT2D eigenvalue weighted by Crippen LogP contribution is -2.45. The Hall–Kier alpha value is -0.810. The minimum absolute atomic E-state index is 0.215. The van der Waals surface area contributed by atoms with Crippen molar-refractivity contribution >= 4 is 6.09 Å². The maximum Gasteiger partial charge on any atom is 0.409 e. The number of carbonyl (C=O) groups is 1. The second kappa shape index (κ2) is 6.63. The average Bonchev–Trinajstić information content (AvgIpc) is 2.26. The van der Waals surface area contributed by atoms with Crippen molar-refractivity contribution < 1.29 is 14.3 Å². The molecule has 5 heteroatoms. The summed E-state index contributed by atoms with van der Waals surface area (Å²) in [6, 6.07) is 0. The van der Waals surface area contributed by atoms with E-state index in [1.165, 1.54) is 0 Å². The van der Waals surface area contributed by atoms with Gasteiger partial charge in [0.05, 0.1) is 13.2 Å². The molecule has 0 aromatic carbocycles. The van der Waals surface area contributed by atoms with Crippen LogP contribution in [0.3, 0.4) is 0 Å². The van der Waals surface area contributed by atoms with Crippen LogP contribution >= 0.6 is 0 Å². The SMILES string of the molecule is CNCCC1COC(=O)N(CCOC)C1. The van der Waals surface area contributed by atoms with Crippen LogP contribution in [-0.2, 0) is 9.47 Å². The molecule has 1 rings (SSSR count). The molecule has 1 heterocycles. The Morgan fingerprint density at radius 2 is 2.47 bits per heavy atom. The smallest absolute Gasteiger partial charge is 0.409 e. The Morgan fingerprint density at radius 1 is 1.67 bits per heavy atom. The molecule has 1 aliphatic rings. The molecule has 0 spiro atoms. The monoisotopic (exact) mass is 216 g/mol. The van der Waals surface area contributed by atoms with E-state index in [4.69, 9.17) is 9.47 Å². The predicted octanol–water partition coefficient (Wildman–Crippen LogP) is 0.311. The normalized spacial score (nSPS) is 21.6. The summed E-state index contributed by atoms with van der Waals surface area (Å²) in [6.07, 6.45) is 0.820. The molecule has 1 N–H and O–H groups in total. The second-order valence-electron chi connectivity index (χ2n) is 3.77. The van der Waals surface area contributed by atoms with Crippen molar-refractivity contribution in [3.8, 4) is 0 Å². The van der Waals surface area contributed by atoms with E-state index < -0.39 is 0 Å². The summed E-state index contributed by atoms with van der Waals surface area (Å²) in [5, 5.41) is 3.10. The van der Waals surface area contributed by atoms with Gasteiger partial charge in [0.2, 0.25) is 0 Å². The van der Waals surface area contributed by atoms with Gasteiger partial charge in [0.25, 0.3) is 0 Å². The maximum absolute atomic E-state index is 11.4. The van der Waals surface area contributed by atoms with Crippen LogP contribution in [-0.4, -0.2) is 58.0 Å². The van der Waals surface area contributed by atoms with E-state index in [1.54, 1.807) is 12.0 Å². The highest BCUT2D eigenvalue weighted by Crippen LogP contribution is 2.13. The molecule has 0 aromatic heterocycles. The minimum atomic E-state index is -0.215. The van der Waals surface area contributed by atoms with E-state index in [2.05, 4.69) is 5.32 Å². The second-order valence-corrected chi connectivity index (χ2v) is 3.77. The highest BCUT2D eigenvalue weighted by molar-refractivity contribution is 5.68. The number of hydrogen-bond donors (Lipinski definition) is 1. The van der Waals surface area contributed by atoms with Gasteiger partial charge < -0.3 is 19.7 Å². The molecule has 5 nitrogen and oxygen atoms in total. The zero-order valence-electron chi connectivity index (χ0n) is 9.49. The molecule has 0 radical (unpaired) electrons. The Bertz CT molecular complexity index is 199. The molecule has 1 amide bonds. The van der Waals surface area contributed by atoms with E-state index >= 15 is 0 Å². The van der Waals surface area contributed by atoms with E-state index in [9.17, 15) is 4.79 Å². The number of cyclic esters (lactones) is 1. The molecular weight excluding hydrogens is 196 g/mol. The van der Waals surface area contributed by atoms with Crippen LogP contribution in [0.1, 0.15) is 6.42 Å². The summed E-state index contributed by atoms with van der Waals surface area (Å²) in [4.78, 5) is 13.1. The van der Waals surface area contributed by atoms with Gasteiger partial charge in [0.1, 0.15) is 0 Å². The predicted molar refractivity (Wildman–Crippen MR) is 56.8 cm³/mol. The summed E-state index contributed by atoms with van der Waals surface area (Å²) in [7, 11) is 3.56. The lowest BCUT2D eigenvalue weighted by atomic mass is 10.1. The number of nitrogens with zero attached hydrogens (tertiary/aromatic N) is 1. The van der Waals surface area contributed by atoms with E-state index in [-0.39, 0.29) is 6.09 Å². The molecule has 0 aliphatic carbocycles. The Balaban J connectivity index is 2.31. The highest BCUT2D eigenvalue weighted by Gasteiger charge is 2.26. The van der Waals surface area contributed by atoms with Crippen LogP contribution in [0.15, 0.2) is 0 Å². The Kier molecular flexibility index (Phi) is 5.42.